The summed E-state index contributed by atoms with van der Waals surface area (Å²) < 4.78 is 0. The predicted molar refractivity (Wildman–Crippen MR) is 110 cm³/mol. The topological polar surface area (TPSA) is 116 Å². The summed E-state index contributed by atoms with van der Waals surface area (Å²) >= 11 is 0. The van der Waals surface area contributed by atoms with Crippen molar-refractivity contribution in [1.82, 2.24) is 15.3 Å². The van der Waals surface area contributed by atoms with Gasteiger partial charge in [0, 0.05) is 18.2 Å². The number of fused-ring (bicyclic) bond motifs is 1. The fourth-order valence-electron chi connectivity index (χ4n) is 3.98. The smallest absolute Gasteiger partial charge is 0.258 e. The Morgan fingerprint density at radius 2 is 1.83 bits per heavy atom. The maximum Gasteiger partial charge on any atom is 0.258 e. The van der Waals surface area contributed by atoms with Crippen molar-refractivity contribution in [1.29, 1.82) is 0 Å². The first-order valence-electron chi connectivity index (χ1n) is 10.1. The van der Waals surface area contributed by atoms with Gasteiger partial charge in [-0.25, -0.2) is 0 Å². The average Bonchev–Trinajstić information content (AvgIpc) is 2.69. The van der Waals surface area contributed by atoms with Crippen molar-refractivity contribution in [3.8, 4) is 0 Å². The molecule has 0 bridgehead atoms. The highest BCUT2D eigenvalue weighted by molar-refractivity contribution is 6.00. The zero-order valence-corrected chi connectivity index (χ0v) is 16.4. The van der Waals surface area contributed by atoms with Gasteiger partial charge in [-0.05, 0) is 31.9 Å². The molecule has 2 aliphatic rings. The molecule has 0 radical (unpaired) electrons. The fraction of sp³-hybridized carbons (Fsp3) is 0.429. The first-order chi connectivity index (χ1) is 14.0. The van der Waals surface area contributed by atoms with Crippen LogP contribution in [0.2, 0.25) is 0 Å². The largest absolute Gasteiger partial charge is 0.353 e. The Morgan fingerprint density at radius 1 is 1.10 bits per heavy atom. The van der Waals surface area contributed by atoms with Crippen LogP contribution in [0.15, 0.2) is 29.1 Å². The molecule has 2 heterocycles. The molecule has 8 heteroatoms. The Balaban J connectivity index is 1.58. The molecular weight excluding hydrogens is 370 g/mol. The van der Waals surface area contributed by atoms with Crippen LogP contribution in [0.4, 0.5) is 17.5 Å². The van der Waals surface area contributed by atoms with Crippen molar-refractivity contribution < 1.29 is 9.59 Å². The SMILES string of the molecule is Cc1ccc(Nc2nc3c(c(=O)[nH]2)[C@H](C(=O)NC2CCCCC2)CC(=O)N3)cc1. The molecular formula is C21H25N5O3. The molecule has 29 heavy (non-hydrogen) atoms. The average molecular weight is 395 g/mol. The molecule has 152 valence electrons. The number of aromatic amines is 1. The van der Waals surface area contributed by atoms with Gasteiger partial charge in [0.05, 0.1) is 11.5 Å². The molecule has 4 N–H and O–H groups in total. The van der Waals surface area contributed by atoms with E-state index in [0.717, 1.165) is 36.9 Å². The third-order valence-corrected chi connectivity index (χ3v) is 5.53. The third-order valence-electron chi connectivity index (χ3n) is 5.53. The zero-order valence-electron chi connectivity index (χ0n) is 16.4. The zero-order chi connectivity index (χ0) is 20.4. The summed E-state index contributed by atoms with van der Waals surface area (Å²) in [5, 5.41) is 8.68. The number of amides is 2. The Kier molecular flexibility index (Phi) is 5.33. The number of rotatable bonds is 4. The second-order valence-electron chi connectivity index (χ2n) is 7.82. The number of anilines is 3. The van der Waals surface area contributed by atoms with Crippen LogP contribution in [0.5, 0.6) is 0 Å². The van der Waals surface area contributed by atoms with Crippen LogP contribution in [-0.4, -0.2) is 27.8 Å². The van der Waals surface area contributed by atoms with Crippen LogP contribution in [0.25, 0.3) is 0 Å². The highest BCUT2D eigenvalue weighted by atomic mass is 16.2. The van der Waals surface area contributed by atoms with E-state index in [-0.39, 0.29) is 41.6 Å². The van der Waals surface area contributed by atoms with Crippen molar-refractivity contribution in [3.05, 3.63) is 45.7 Å². The molecule has 4 rings (SSSR count). The maximum absolute atomic E-state index is 12.8. The van der Waals surface area contributed by atoms with Crippen molar-refractivity contribution in [2.75, 3.05) is 10.6 Å². The van der Waals surface area contributed by atoms with Crippen molar-refractivity contribution in [3.63, 3.8) is 0 Å². The lowest BCUT2D eigenvalue weighted by Crippen LogP contribution is -2.43. The number of nitrogens with one attached hydrogen (secondary N) is 4. The van der Waals surface area contributed by atoms with Gasteiger partial charge in [-0.2, -0.15) is 4.98 Å². The molecule has 2 aromatic rings. The van der Waals surface area contributed by atoms with Gasteiger partial charge < -0.3 is 16.0 Å². The number of H-pyrrole nitrogens is 1. The van der Waals surface area contributed by atoms with Gasteiger partial charge in [-0.1, -0.05) is 37.0 Å². The number of carbonyl (C=O) groups excluding carboxylic acids is 2. The van der Waals surface area contributed by atoms with Crippen LogP contribution >= 0.6 is 0 Å². The van der Waals surface area contributed by atoms with E-state index < -0.39 is 11.5 Å². The molecule has 8 nitrogen and oxygen atoms in total. The molecule has 1 aromatic carbocycles. The monoisotopic (exact) mass is 395 g/mol. The number of benzene rings is 1. The number of carbonyl (C=O) groups is 2. The number of hydrogen-bond acceptors (Lipinski definition) is 5. The van der Waals surface area contributed by atoms with Crippen LogP contribution in [0.3, 0.4) is 0 Å². The maximum atomic E-state index is 12.8. The third kappa shape index (κ3) is 4.31. The molecule has 1 atom stereocenters. The number of aryl methyl sites for hydroxylation is 1. The van der Waals surface area contributed by atoms with Crippen LogP contribution in [0, 0.1) is 6.92 Å². The van der Waals surface area contributed by atoms with Crippen molar-refractivity contribution in [2.24, 2.45) is 0 Å². The fourth-order valence-corrected chi connectivity index (χ4v) is 3.98. The molecule has 0 unspecified atom stereocenters. The molecule has 1 aliphatic carbocycles. The highest BCUT2D eigenvalue weighted by Gasteiger charge is 2.35. The van der Waals surface area contributed by atoms with E-state index in [1.54, 1.807) is 0 Å². The van der Waals surface area contributed by atoms with E-state index in [4.69, 9.17) is 0 Å². The lowest BCUT2D eigenvalue weighted by molar-refractivity contribution is -0.127. The Morgan fingerprint density at radius 3 is 2.55 bits per heavy atom. The predicted octanol–water partition coefficient (Wildman–Crippen LogP) is 2.70. The van der Waals surface area contributed by atoms with Crippen LogP contribution < -0.4 is 21.5 Å². The molecule has 1 aromatic heterocycles. The summed E-state index contributed by atoms with van der Waals surface area (Å²) in [5.41, 5.74) is 1.66. The first kappa shape index (κ1) is 19.2. The highest BCUT2D eigenvalue weighted by Crippen LogP contribution is 2.30. The van der Waals surface area contributed by atoms with Gasteiger partial charge in [0.1, 0.15) is 5.82 Å². The minimum absolute atomic E-state index is 0.0545. The van der Waals surface area contributed by atoms with E-state index >= 15 is 0 Å². The summed E-state index contributed by atoms with van der Waals surface area (Å²) in [6.45, 7) is 1.98. The van der Waals surface area contributed by atoms with Crippen LogP contribution in [-0.2, 0) is 9.59 Å². The quantitative estimate of drug-likeness (QED) is 0.635. The lowest BCUT2D eigenvalue weighted by Gasteiger charge is -2.27. The molecule has 1 aliphatic heterocycles. The van der Waals surface area contributed by atoms with Gasteiger partial charge in [0.2, 0.25) is 17.8 Å². The number of hydrogen-bond donors (Lipinski definition) is 4. The van der Waals surface area contributed by atoms with Gasteiger partial charge in [-0.3, -0.25) is 19.4 Å². The van der Waals surface area contributed by atoms with Crippen molar-refractivity contribution in [2.45, 2.75) is 57.4 Å². The Bertz CT molecular complexity index is 977. The summed E-state index contributed by atoms with van der Waals surface area (Å²) in [7, 11) is 0. The van der Waals surface area contributed by atoms with Gasteiger partial charge in [0.15, 0.2) is 0 Å². The van der Waals surface area contributed by atoms with E-state index in [1.807, 2.05) is 31.2 Å². The normalized spacial score (nSPS) is 19.2. The molecule has 1 fully saturated rings. The summed E-state index contributed by atoms with van der Waals surface area (Å²) in [6, 6.07) is 7.72. The summed E-state index contributed by atoms with van der Waals surface area (Å²) in [5.74, 6) is -1.07. The van der Waals surface area contributed by atoms with Gasteiger partial charge >= 0.3 is 0 Å². The second-order valence-corrected chi connectivity index (χ2v) is 7.82. The number of nitrogens with zero attached hydrogens (tertiary/aromatic N) is 1. The molecule has 2 amide bonds. The van der Waals surface area contributed by atoms with Gasteiger partial charge in [0.25, 0.3) is 5.56 Å². The first-order valence-corrected chi connectivity index (χ1v) is 10.1. The van der Waals surface area contributed by atoms with E-state index in [1.165, 1.54) is 6.42 Å². The van der Waals surface area contributed by atoms with Crippen molar-refractivity contribution >= 4 is 29.3 Å². The van der Waals surface area contributed by atoms with Crippen LogP contribution in [0.1, 0.15) is 55.6 Å². The minimum Gasteiger partial charge on any atom is -0.353 e. The Labute approximate surface area is 168 Å². The number of aromatic nitrogens is 2. The van der Waals surface area contributed by atoms with E-state index in [2.05, 4.69) is 25.9 Å². The van der Waals surface area contributed by atoms with E-state index in [9.17, 15) is 14.4 Å². The standard InChI is InChI=1S/C21H25N5O3/c1-12-7-9-14(10-8-12)23-21-25-18-17(20(29)26-21)15(11-16(27)24-18)19(28)22-13-5-3-2-4-6-13/h7-10,13,15H,2-6,11H2,1H3,(H,22,28)(H3,23,24,25,26,27,29)/t15-/m1/s1. The second kappa shape index (κ2) is 8.06. The van der Waals surface area contributed by atoms with Gasteiger partial charge in [-0.15, -0.1) is 0 Å². The molecule has 0 spiro atoms. The summed E-state index contributed by atoms with van der Waals surface area (Å²) in [6.07, 6.45) is 5.17. The minimum atomic E-state index is -0.828. The Hall–Kier alpha value is -3.16. The summed E-state index contributed by atoms with van der Waals surface area (Å²) in [4.78, 5) is 44.8. The lowest BCUT2D eigenvalue weighted by atomic mass is 9.90. The molecule has 1 saturated carbocycles. The molecule has 0 saturated heterocycles. The van der Waals surface area contributed by atoms with E-state index in [0.29, 0.717) is 0 Å².